The molecule has 1 unspecified atom stereocenters. The number of carboxylic acids is 1. The Bertz CT molecular complexity index is 459. The third-order valence-corrected chi connectivity index (χ3v) is 3.00. The molecular formula is C13H16N2O3. The van der Waals surface area contributed by atoms with Gasteiger partial charge >= 0.3 is 5.97 Å². The van der Waals surface area contributed by atoms with Gasteiger partial charge in [-0.25, -0.2) is 9.78 Å². The standard InChI is InChI=1S/C13H16N2O3/c1-18-11-6-8-15(9-11)13-10(3-2-7-14-13)4-5-12(16)17/h2-5,7,11H,6,8-9H2,1H3,(H,16,17)/b5-4+. The molecule has 1 aliphatic heterocycles. The van der Waals surface area contributed by atoms with Crippen molar-refractivity contribution in [2.75, 3.05) is 25.1 Å². The lowest BCUT2D eigenvalue weighted by molar-refractivity contribution is -0.131. The number of pyridine rings is 1. The quantitative estimate of drug-likeness (QED) is 0.816. The molecule has 5 heteroatoms. The summed E-state index contributed by atoms with van der Waals surface area (Å²) in [6.07, 6.45) is 5.61. The number of nitrogens with zero attached hydrogens (tertiary/aromatic N) is 2. The van der Waals surface area contributed by atoms with Gasteiger partial charge in [0.25, 0.3) is 0 Å². The molecule has 0 amide bonds. The third-order valence-electron chi connectivity index (χ3n) is 3.00. The van der Waals surface area contributed by atoms with Crippen molar-refractivity contribution < 1.29 is 14.6 Å². The minimum Gasteiger partial charge on any atom is -0.478 e. The first-order valence-corrected chi connectivity index (χ1v) is 5.84. The molecule has 5 nitrogen and oxygen atoms in total. The number of methoxy groups -OCH3 is 1. The highest BCUT2D eigenvalue weighted by molar-refractivity contribution is 5.86. The third kappa shape index (κ3) is 2.87. The van der Waals surface area contributed by atoms with Gasteiger partial charge in [0.15, 0.2) is 0 Å². The van der Waals surface area contributed by atoms with Crippen molar-refractivity contribution in [3.05, 3.63) is 30.0 Å². The van der Waals surface area contributed by atoms with Gasteiger partial charge in [-0.1, -0.05) is 0 Å². The number of carbonyl (C=O) groups is 1. The Morgan fingerprint density at radius 2 is 2.50 bits per heavy atom. The molecule has 1 fully saturated rings. The fourth-order valence-corrected chi connectivity index (χ4v) is 2.08. The smallest absolute Gasteiger partial charge is 0.328 e. The van der Waals surface area contributed by atoms with Crippen LogP contribution in [0, 0.1) is 0 Å². The van der Waals surface area contributed by atoms with Crippen molar-refractivity contribution in [2.24, 2.45) is 0 Å². The molecular weight excluding hydrogens is 232 g/mol. The molecule has 0 saturated carbocycles. The van der Waals surface area contributed by atoms with Gasteiger partial charge in [0.1, 0.15) is 5.82 Å². The second kappa shape index (κ2) is 5.64. The van der Waals surface area contributed by atoms with E-state index in [0.717, 1.165) is 37.0 Å². The Kier molecular flexibility index (Phi) is 3.94. The zero-order valence-electron chi connectivity index (χ0n) is 10.2. The Labute approximate surface area is 106 Å². The van der Waals surface area contributed by atoms with Crippen LogP contribution in [0.15, 0.2) is 24.4 Å². The van der Waals surface area contributed by atoms with Crippen molar-refractivity contribution in [3.63, 3.8) is 0 Å². The topological polar surface area (TPSA) is 62.7 Å². The summed E-state index contributed by atoms with van der Waals surface area (Å²) in [5.74, 6) is -0.143. The highest BCUT2D eigenvalue weighted by Gasteiger charge is 2.24. The number of carboxylic acid groups (broad SMARTS) is 1. The molecule has 1 aromatic rings. The van der Waals surface area contributed by atoms with Crippen LogP contribution in [0.3, 0.4) is 0 Å². The average molecular weight is 248 g/mol. The summed E-state index contributed by atoms with van der Waals surface area (Å²) < 4.78 is 5.32. The van der Waals surface area contributed by atoms with E-state index in [0.29, 0.717) is 0 Å². The number of rotatable bonds is 4. The number of aromatic nitrogens is 1. The van der Waals surface area contributed by atoms with E-state index in [4.69, 9.17) is 9.84 Å². The largest absolute Gasteiger partial charge is 0.478 e. The van der Waals surface area contributed by atoms with Crippen molar-refractivity contribution in [1.29, 1.82) is 0 Å². The average Bonchev–Trinajstić information content (AvgIpc) is 2.85. The second-order valence-electron chi connectivity index (χ2n) is 4.18. The maximum atomic E-state index is 10.6. The summed E-state index contributed by atoms with van der Waals surface area (Å²) >= 11 is 0. The van der Waals surface area contributed by atoms with Gasteiger partial charge in [0, 0.05) is 38.0 Å². The lowest BCUT2D eigenvalue weighted by atomic mass is 10.2. The Morgan fingerprint density at radius 1 is 1.67 bits per heavy atom. The first-order chi connectivity index (χ1) is 8.70. The van der Waals surface area contributed by atoms with Gasteiger partial charge in [-0.2, -0.15) is 0 Å². The van der Waals surface area contributed by atoms with E-state index in [-0.39, 0.29) is 6.10 Å². The lowest BCUT2D eigenvalue weighted by Gasteiger charge is -2.19. The fourth-order valence-electron chi connectivity index (χ4n) is 2.08. The minimum absolute atomic E-state index is 0.225. The van der Waals surface area contributed by atoms with Gasteiger partial charge in [0.2, 0.25) is 0 Å². The van der Waals surface area contributed by atoms with Crippen LogP contribution in [0.5, 0.6) is 0 Å². The fraction of sp³-hybridized carbons (Fsp3) is 0.385. The van der Waals surface area contributed by atoms with E-state index >= 15 is 0 Å². The van der Waals surface area contributed by atoms with Gasteiger partial charge in [0.05, 0.1) is 6.10 Å². The van der Waals surface area contributed by atoms with Gasteiger partial charge in [-0.05, 0) is 24.6 Å². The molecule has 0 aromatic carbocycles. The van der Waals surface area contributed by atoms with Gasteiger partial charge in [-0.3, -0.25) is 0 Å². The van der Waals surface area contributed by atoms with E-state index in [1.54, 1.807) is 25.4 Å². The number of hydrogen-bond donors (Lipinski definition) is 1. The predicted octanol–water partition coefficient (Wildman–Crippen LogP) is 1.40. The van der Waals surface area contributed by atoms with Crippen molar-refractivity contribution in [3.8, 4) is 0 Å². The summed E-state index contributed by atoms with van der Waals surface area (Å²) in [6, 6.07) is 3.66. The van der Waals surface area contributed by atoms with Gasteiger partial charge < -0.3 is 14.7 Å². The van der Waals surface area contributed by atoms with Crippen LogP contribution < -0.4 is 4.90 Å². The summed E-state index contributed by atoms with van der Waals surface area (Å²) in [6.45, 7) is 1.67. The zero-order valence-corrected chi connectivity index (χ0v) is 10.2. The maximum absolute atomic E-state index is 10.6. The van der Waals surface area contributed by atoms with Crippen LogP contribution in [0.1, 0.15) is 12.0 Å². The molecule has 2 heterocycles. The van der Waals surface area contributed by atoms with Gasteiger partial charge in [-0.15, -0.1) is 0 Å². The number of aliphatic carboxylic acids is 1. The zero-order chi connectivity index (χ0) is 13.0. The molecule has 1 atom stereocenters. The number of anilines is 1. The minimum atomic E-state index is -0.957. The van der Waals surface area contributed by atoms with E-state index < -0.39 is 5.97 Å². The number of ether oxygens (including phenoxy) is 1. The van der Waals surface area contributed by atoms with Crippen LogP contribution in [0.2, 0.25) is 0 Å². The Hall–Kier alpha value is -1.88. The van der Waals surface area contributed by atoms with E-state index in [1.807, 2.05) is 6.07 Å². The van der Waals surface area contributed by atoms with Crippen LogP contribution in [-0.2, 0) is 9.53 Å². The summed E-state index contributed by atoms with van der Waals surface area (Å²) in [5, 5.41) is 8.67. The molecule has 0 bridgehead atoms. The summed E-state index contributed by atoms with van der Waals surface area (Å²) in [7, 11) is 1.71. The first-order valence-electron chi connectivity index (χ1n) is 5.84. The Morgan fingerprint density at radius 3 is 3.17 bits per heavy atom. The van der Waals surface area contributed by atoms with Crippen molar-refractivity contribution in [2.45, 2.75) is 12.5 Å². The summed E-state index contributed by atoms with van der Waals surface area (Å²) in [5.41, 5.74) is 0.816. The molecule has 0 radical (unpaired) electrons. The molecule has 1 aliphatic rings. The molecule has 2 rings (SSSR count). The highest BCUT2D eigenvalue weighted by Crippen LogP contribution is 2.24. The second-order valence-corrected chi connectivity index (χ2v) is 4.18. The monoisotopic (exact) mass is 248 g/mol. The van der Waals surface area contributed by atoms with E-state index in [2.05, 4.69) is 9.88 Å². The van der Waals surface area contributed by atoms with Crippen molar-refractivity contribution in [1.82, 2.24) is 4.98 Å². The SMILES string of the molecule is COC1CCN(c2ncccc2/C=C/C(=O)O)C1. The molecule has 18 heavy (non-hydrogen) atoms. The van der Waals surface area contributed by atoms with E-state index in [9.17, 15) is 4.79 Å². The molecule has 1 aromatic heterocycles. The van der Waals surface area contributed by atoms with Crippen LogP contribution >= 0.6 is 0 Å². The highest BCUT2D eigenvalue weighted by atomic mass is 16.5. The normalized spacial score (nSPS) is 19.6. The Balaban J connectivity index is 2.20. The molecule has 96 valence electrons. The summed E-state index contributed by atoms with van der Waals surface area (Å²) in [4.78, 5) is 17.0. The number of hydrogen-bond acceptors (Lipinski definition) is 4. The van der Waals surface area contributed by atoms with Crippen LogP contribution in [0.25, 0.3) is 6.08 Å². The molecule has 0 aliphatic carbocycles. The van der Waals surface area contributed by atoms with Crippen LogP contribution in [0.4, 0.5) is 5.82 Å². The lowest BCUT2D eigenvalue weighted by Crippen LogP contribution is -2.23. The van der Waals surface area contributed by atoms with Crippen LogP contribution in [-0.4, -0.2) is 42.4 Å². The molecule has 1 N–H and O–H groups in total. The maximum Gasteiger partial charge on any atom is 0.328 e. The van der Waals surface area contributed by atoms with Crippen molar-refractivity contribution >= 4 is 17.9 Å². The molecule has 0 spiro atoms. The first kappa shape index (κ1) is 12.6. The van der Waals surface area contributed by atoms with E-state index in [1.165, 1.54) is 0 Å². The predicted molar refractivity (Wildman–Crippen MR) is 68.5 cm³/mol. The molecule has 1 saturated heterocycles.